The molecule has 1 aliphatic carbocycles. The molecular weight excluding hydrogens is 340 g/mol. The molecule has 6 nitrogen and oxygen atoms in total. The molecule has 0 radical (unpaired) electrons. The number of ether oxygens (including phenoxy) is 1. The molecule has 1 saturated carbocycles. The molecule has 1 unspecified atom stereocenters. The van der Waals surface area contributed by atoms with Crippen molar-refractivity contribution in [2.45, 2.75) is 31.7 Å². The van der Waals surface area contributed by atoms with Crippen LogP contribution in [0.2, 0.25) is 0 Å². The quantitative estimate of drug-likeness (QED) is 0.594. The number of hydrogen-bond acceptors (Lipinski definition) is 6. The first-order valence-electron chi connectivity index (χ1n) is 9.36. The second-order valence-corrected chi connectivity index (χ2v) is 7.10. The highest BCUT2D eigenvalue weighted by Crippen LogP contribution is 2.46. The van der Waals surface area contributed by atoms with E-state index in [0.29, 0.717) is 23.4 Å². The molecule has 1 atom stereocenters. The monoisotopic (exact) mass is 360 g/mol. The largest absolute Gasteiger partial charge is 0.496 e. The summed E-state index contributed by atoms with van der Waals surface area (Å²) in [6, 6.07) is 14.0. The van der Waals surface area contributed by atoms with Crippen molar-refractivity contribution in [3.8, 4) is 28.6 Å². The zero-order valence-corrected chi connectivity index (χ0v) is 15.1. The number of para-hydroxylation sites is 1. The first-order chi connectivity index (χ1) is 13.3. The second-order valence-electron chi connectivity index (χ2n) is 7.10. The predicted molar refractivity (Wildman–Crippen MR) is 101 cm³/mol. The van der Waals surface area contributed by atoms with Crippen molar-refractivity contribution >= 4 is 5.69 Å². The summed E-state index contributed by atoms with van der Waals surface area (Å²) in [7, 11) is 1.63. The van der Waals surface area contributed by atoms with Crippen molar-refractivity contribution in [1.82, 2.24) is 10.1 Å². The maximum atomic E-state index is 5.47. The lowest BCUT2D eigenvalue weighted by molar-refractivity contribution is 0.405. The van der Waals surface area contributed by atoms with E-state index >= 15 is 0 Å². The number of hydrogen-bond donors (Lipinski definition) is 0. The first kappa shape index (κ1) is 16.2. The molecule has 136 valence electrons. The number of rotatable bonds is 4. The zero-order valence-electron chi connectivity index (χ0n) is 15.1. The highest BCUT2D eigenvalue weighted by Gasteiger charge is 2.31. The summed E-state index contributed by atoms with van der Waals surface area (Å²) < 4.78 is 10.9. The number of azo groups is 1. The van der Waals surface area contributed by atoms with Crippen LogP contribution in [0.25, 0.3) is 22.8 Å². The fourth-order valence-corrected chi connectivity index (χ4v) is 4.10. The average molecular weight is 360 g/mol. The molecule has 5 rings (SSSR count). The Bertz CT molecular complexity index is 1000. The van der Waals surface area contributed by atoms with E-state index in [2.05, 4.69) is 26.4 Å². The Morgan fingerprint density at radius 3 is 2.78 bits per heavy atom. The topological polar surface area (TPSA) is 72.9 Å². The second kappa shape index (κ2) is 6.61. The van der Waals surface area contributed by atoms with Crippen LogP contribution >= 0.6 is 0 Å². The van der Waals surface area contributed by atoms with Gasteiger partial charge in [-0.3, -0.25) is 0 Å². The summed E-state index contributed by atoms with van der Waals surface area (Å²) in [6.45, 7) is 0. The van der Waals surface area contributed by atoms with Crippen LogP contribution in [0.1, 0.15) is 37.3 Å². The Kier molecular flexibility index (Phi) is 3.96. The van der Waals surface area contributed by atoms with Crippen molar-refractivity contribution in [2.75, 3.05) is 7.11 Å². The van der Waals surface area contributed by atoms with Crippen LogP contribution in [0.3, 0.4) is 0 Å². The van der Waals surface area contributed by atoms with Crippen molar-refractivity contribution < 1.29 is 9.26 Å². The van der Waals surface area contributed by atoms with E-state index in [4.69, 9.17) is 9.26 Å². The number of aromatic nitrogens is 2. The van der Waals surface area contributed by atoms with Gasteiger partial charge in [0, 0.05) is 11.1 Å². The van der Waals surface area contributed by atoms with Crippen LogP contribution in [0, 0.1) is 5.92 Å². The molecule has 3 aromatic rings. The average Bonchev–Trinajstić information content (AvgIpc) is 3.47. The third kappa shape index (κ3) is 2.81. The van der Waals surface area contributed by atoms with Crippen molar-refractivity contribution in [3.05, 3.63) is 48.0 Å². The molecule has 27 heavy (non-hydrogen) atoms. The fourth-order valence-electron chi connectivity index (χ4n) is 4.10. The smallest absolute Gasteiger partial charge is 0.262 e. The number of benzene rings is 2. The van der Waals surface area contributed by atoms with Gasteiger partial charge in [-0.2, -0.15) is 15.2 Å². The number of fused-ring (bicyclic) bond motifs is 1. The van der Waals surface area contributed by atoms with Gasteiger partial charge >= 0.3 is 0 Å². The minimum atomic E-state index is 0.214. The Morgan fingerprint density at radius 2 is 1.93 bits per heavy atom. The highest BCUT2D eigenvalue weighted by molar-refractivity contribution is 5.68. The van der Waals surface area contributed by atoms with Crippen molar-refractivity contribution in [2.24, 2.45) is 16.1 Å². The maximum Gasteiger partial charge on any atom is 0.262 e. The van der Waals surface area contributed by atoms with Crippen LogP contribution in [-0.2, 0) is 0 Å². The highest BCUT2D eigenvalue weighted by atomic mass is 16.5. The fraction of sp³-hybridized carbons (Fsp3) is 0.333. The van der Waals surface area contributed by atoms with E-state index < -0.39 is 0 Å². The molecule has 0 amide bonds. The third-order valence-corrected chi connectivity index (χ3v) is 5.51. The minimum Gasteiger partial charge on any atom is -0.496 e. The van der Waals surface area contributed by atoms with E-state index in [1.165, 1.54) is 31.2 Å². The van der Waals surface area contributed by atoms with Gasteiger partial charge in [0.15, 0.2) is 0 Å². The third-order valence-electron chi connectivity index (χ3n) is 5.51. The molecule has 0 saturated heterocycles. The van der Waals surface area contributed by atoms with Gasteiger partial charge in [-0.15, -0.1) is 0 Å². The molecular formula is C21H20N4O2. The van der Waals surface area contributed by atoms with Gasteiger partial charge < -0.3 is 9.26 Å². The van der Waals surface area contributed by atoms with Crippen LogP contribution in [0.4, 0.5) is 5.69 Å². The Morgan fingerprint density at radius 1 is 1.07 bits per heavy atom. The molecule has 2 heterocycles. The lowest BCUT2D eigenvalue weighted by atomic mass is 9.91. The summed E-state index contributed by atoms with van der Waals surface area (Å²) in [4.78, 5) is 4.55. The lowest BCUT2D eigenvalue weighted by Gasteiger charge is -2.15. The van der Waals surface area contributed by atoms with Crippen LogP contribution < -0.4 is 4.74 Å². The summed E-state index contributed by atoms with van der Waals surface area (Å²) in [5, 5.41) is 13.1. The Labute approximate surface area is 157 Å². The standard InChI is InChI=1S/C21H20N4O2/c1-26-18-9-5-4-8-16(18)21-22-20(25-27-21)14-10-11-15-17(12-14)23-24-19(15)13-6-2-3-7-13/h4-5,8-13,19H,2-3,6-7H2,1H3. The van der Waals surface area contributed by atoms with Gasteiger partial charge in [0.05, 0.1) is 18.4 Å². The van der Waals surface area contributed by atoms with E-state index in [9.17, 15) is 0 Å². The van der Waals surface area contributed by atoms with Crippen LogP contribution in [0.15, 0.2) is 57.2 Å². The summed E-state index contributed by atoms with van der Waals surface area (Å²) in [5.74, 6) is 2.31. The van der Waals surface area contributed by atoms with Crippen LogP contribution in [0.5, 0.6) is 5.75 Å². The van der Waals surface area contributed by atoms with Crippen molar-refractivity contribution in [3.63, 3.8) is 0 Å². The molecule has 2 aliphatic rings. The minimum absolute atomic E-state index is 0.214. The van der Waals surface area contributed by atoms with Gasteiger partial charge in [-0.25, -0.2) is 0 Å². The molecule has 0 spiro atoms. The normalized spacial score (nSPS) is 18.8. The molecule has 0 bridgehead atoms. The van der Waals surface area contributed by atoms with Gasteiger partial charge in [0.1, 0.15) is 11.8 Å². The van der Waals surface area contributed by atoms with Crippen molar-refractivity contribution in [1.29, 1.82) is 0 Å². The Balaban J connectivity index is 1.45. The molecule has 1 fully saturated rings. The lowest BCUT2D eigenvalue weighted by Crippen LogP contribution is -2.04. The summed E-state index contributed by atoms with van der Waals surface area (Å²) >= 11 is 0. The SMILES string of the molecule is COc1ccccc1-c1nc(-c2ccc3c(c2)N=NC3C2CCCC2)no1. The molecule has 6 heteroatoms. The van der Waals surface area contributed by atoms with E-state index in [1.807, 2.05) is 36.4 Å². The first-order valence-corrected chi connectivity index (χ1v) is 9.36. The van der Waals surface area contributed by atoms with Gasteiger partial charge in [0.2, 0.25) is 5.82 Å². The van der Waals surface area contributed by atoms with Gasteiger partial charge in [-0.05, 0) is 37.0 Å². The van der Waals surface area contributed by atoms with E-state index in [0.717, 1.165) is 16.8 Å². The van der Waals surface area contributed by atoms with E-state index in [1.54, 1.807) is 7.11 Å². The number of methoxy groups -OCH3 is 1. The molecule has 0 N–H and O–H groups in total. The summed E-state index contributed by atoms with van der Waals surface area (Å²) in [6.07, 6.45) is 5.10. The predicted octanol–water partition coefficient (Wildman–Crippen LogP) is 5.74. The maximum absolute atomic E-state index is 5.47. The van der Waals surface area contributed by atoms with E-state index in [-0.39, 0.29) is 6.04 Å². The van der Waals surface area contributed by atoms with Gasteiger partial charge in [0.25, 0.3) is 5.89 Å². The van der Waals surface area contributed by atoms with Gasteiger partial charge in [-0.1, -0.05) is 42.3 Å². The molecule has 1 aliphatic heterocycles. The number of nitrogens with zero attached hydrogens (tertiary/aromatic N) is 4. The molecule has 2 aromatic carbocycles. The zero-order chi connectivity index (χ0) is 18.2. The Hall–Kier alpha value is -3.02. The van der Waals surface area contributed by atoms with Crippen LogP contribution in [-0.4, -0.2) is 17.3 Å². The molecule has 1 aromatic heterocycles. The summed E-state index contributed by atoms with van der Waals surface area (Å²) in [5.41, 5.74) is 3.80.